The number of hydrogen-bond acceptors (Lipinski definition) is 5. The molecule has 0 radical (unpaired) electrons. The third kappa shape index (κ3) is 5.29. The van der Waals surface area contributed by atoms with E-state index in [1.54, 1.807) is 12.3 Å². The molecule has 6 heteroatoms. The molecule has 4 N–H and O–H groups in total. The molecule has 4 rings (SSSR count). The topological polar surface area (TPSA) is 75.9 Å². The van der Waals surface area contributed by atoms with Crippen molar-refractivity contribution >= 4 is 11.5 Å². The predicted molar refractivity (Wildman–Crippen MR) is 115 cm³/mol. The van der Waals surface area contributed by atoms with E-state index in [0.29, 0.717) is 18.6 Å². The van der Waals surface area contributed by atoms with E-state index < -0.39 is 0 Å². The molecule has 0 atom stereocenters. The second kappa shape index (κ2) is 9.01. The van der Waals surface area contributed by atoms with Gasteiger partial charge in [-0.15, -0.1) is 0 Å². The lowest BCUT2D eigenvalue weighted by Gasteiger charge is -2.27. The zero-order valence-corrected chi connectivity index (χ0v) is 16.3. The van der Waals surface area contributed by atoms with E-state index in [2.05, 4.69) is 26.7 Å². The number of nitrogens with two attached hydrogens (primary N) is 1. The second-order valence-corrected chi connectivity index (χ2v) is 7.63. The largest absolute Gasteiger partial charge is 0.380 e. The van der Waals surface area contributed by atoms with Crippen LogP contribution in [-0.4, -0.2) is 22.1 Å². The molecule has 5 nitrogen and oxygen atoms in total. The van der Waals surface area contributed by atoms with Crippen LogP contribution < -0.4 is 16.4 Å². The van der Waals surface area contributed by atoms with Gasteiger partial charge in [-0.1, -0.05) is 12.1 Å². The van der Waals surface area contributed by atoms with E-state index in [9.17, 15) is 4.39 Å². The van der Waals surface area contributed by atoms with Crippen LogP contribution in [0.15, 0.2) is 61.1 Å². The summed E-state index contributed by atoms with van der Waals surface area (Å²) in [4.78, 5) is 8.82. The van der Waals surface area contributed by atoms with Crippen molar-refractivity contribution < 1.29 is 4.39 Å². The Kier molecular flexibility index (Phi) is 6.00. The molecule has 0 amide bonds. The number of benzene rings is 1. The molecular weight excluding hydrogens is 365 g/mol. The summed E-state index contributed by atoms with van der Waals surface area (Å²) >= 11 is 0. The summed E-state index contributed by atoms with van der Waals surface area (Å²) in [7, 11) is 0. The molecule has 0 unspecified atom stereocenters. The molecule has 1 aliphatic carbocycles. The summed E-state index contributed by atoms with van der Waals surface area (Å²) in [5.74, 6) is 0.647. The van der Waals surface area contributed by atoms with Crippen molar-refractivity contribution in [3.05, 3.63) is 72.4 Å². The van der Waals surface area contributed by atoms with Crippen molar-refractivity contribution in [3.63, 3.8) is 0 Å². The highest BCUT2D eigenvalue weighted by atomic mass is 19.1. The van der Waals surface area contributed by atoms with E-state index in [1.807, 2.05) is 30.6 Å². The third-order valence-electron chi connectivity index (χ3n) is 5.34. The van der Waals surface area contributed by atoms with Gasteiger partial charge in [0.05, 0.1) is 5.69 Å². The second-order valence-electron chi connectivity index (χ2n) is 7.63. The zero-order chi connectivity index (χ0) is 20.1. The molecule has 29 heavy (non-hydrogen) atoms. The van der Waals surface area contributed by atoms with Crippen molar-refractivity contribution in [2.75, 3.05) is 10.6 Å². The Labute approximate surface area is 170 Å². The molecule has 2 heterocycles. The van der Waals surface area contributed by atoms with Gasteiger partial charge in [0.1, 0.15) is 11.6 Å². The smallest absolute Gasteiger partial charge is 0.126 e. The van der Waals surface area contributed by atoms with Crippen molar-refractivity contribution in [1.29, 1.82) is 0 Å². The van der Waals surface area contributed by atoms with Crippen LogP contribution in [0.25, 0.3) is 11.1 Å². The average Bonchev–Trinajstić information content (AvgIpc) is 2.74. The van der Waals surface area contributed by atoms with Crippen LogP contribution in [0.5, 0.6) is 0 Å². The van der Waals surface area contributed by atoms with Crippen molar-refractivity contribution in [2.45, 2.75) is 44.3 Å². The van der Waals surface area contributed by atoms with Crippen LogP contribution in [0, 0.1) is 5.82 Å². The van der Waals surface area contributed by atoms with Crippen LogP contribution in [0.1, 0.15) is 31.2 Å². The van der Waals surface area contributed by atoms with Gasteiger partial charge in [0, 0.05) is 42.8 Å². The molecule has 0 spiro atoms. The van der Waals surface area contributed by atoms with Gasteiger partial charge in [0.15, 0.2) is 0 Å². The van der Waals surface area contributed by atoms with Crippen LogP contribution in [-0.2, 0) is 6.54 Å². The number of halogens is 1. The Morgan fingerprint density at radius 2 is 1.86 bits per heavy atom. The minimum absolute atomic E-state index is 0.229. The summed E-state index contributed by atoms with van der Waals surface area (Å²) in [5.41, 5.74) is 9.83. The van der Waals surface area contributed by atoms with E-state index in [-0.39, 0.29) is 5.82 Å². The van der Waals surface area contributed by atoms with Crippen molar-refractivity contribution in [2.24, 2.45) is 5.73 Å². The third-order valence-corrected chi connectivity index (χ3v) is 5.34. The molecule has 2 aromatic heterocycles. The maximum atomic E-state index is 13.3. The monoisotopic (exact) mass is 391 g/mol. The Bertz CT molecular complexity index is 953. The Morgan fingerprint density at radius 1 is 1.00 bits per heavy atom. The van der Waals surface area contributed by atoms with Gasteiger partial charge in [0.2, 0.25) is 0 Å². The van der Waals surface area contributed by atoms with Gasteiger partial charge in [-0.25, -0.2) is 9.37 Å². The van der Waals surface area contributed by atoms with Gasteiger partial charge in [-0.2, -0.15) is 0 Å². The first kappa shape index (κ1) is 19.3. The highest BCUT2D eigenvalue weighted by Crippen LogP contribution is 2.25. The minimum Gasteiger partial charge on any atom is -0.380 e. The number of rotatable bonds is 6. The molecule has 0 aliphatic heterocycles. The van der Waals surface area contributed by atoms with Gasteiger partial charge in [0.25, 0.3) is 0 Å². The fourth-order valence-corrected chi connectivity index (χ4v) is 3.71. The summed E-state index contributed by atoms with van der Waals surface area (Å²) in [5, 5.41) is 6.85. The number of pyridine rings is 2. The zero-order valence-electron chi connectivity index (χ0n) is 16.3. The first-order valence-electron chi connectivity index (χ1n) is 10.1. The summed E-state index contributed by atoms with van der Waals surface area (Å²) in [6.07, 6.45) is 9.70. The average molecular weight is 391 g/mol. The number of hydrogen-bond donors (Lipinski definition) is 3. The minimum atomic E-state index is -0.229. The summed E-state index contributed by atoms with van der Waals surface area (Å²) in [6.45, 7) is 0.538. The fourth-order valence-electron chi connectivity index (χ4n) is 3.71. The quantitative estimate of drug-likeness (QED) is 0.574. The van der Waals surface area contributed by atoms with Gasteiger partial charge in [-0.05, 0) is 67.1 Å². The Hall–Kier alpha value is -2.99. The maximum absolute atomic E-state index is 13.3. The van der Waals surface area contributed by atoms with E-state index in [4.69, 9.17) is 5.73 Å². The Morgan fingerprint density at radius 3 is 2.69 bits per heavy atom. The van der Waals surface area contributed by atoms with Gasteiger partial charge >= 0.3 is 0 Å². The first-order valence-corrected chi connectivity index (χ1v) is 10.1. The summed E-state index contributed by atoms with van der Waals surface area (Å²) in [6, 6.07) is 13.4. The molecule has 1 saturated carbocycles. The van der Waals surface area contributed by atoms with Crippen LogP contribution in [0.4, 0.5) is 15.9 Å². The van der Waals surface area contributed by atoms with Crippen LogP contribution >= 0.6 is 0 Å². The van der Waals surface area contributed by atoms with Crippen molar-refractivity contribution in [3.8, 4) is 11.1 Å². The molecule has 150 valence electrons. The highest BCUT2D eigenvalue weighted by Gasteiger charge is 2.18. The number of anilines is 2. The lowest BCUT2D eigenvalue weighted by Crippen LogP contribution is -2.32. The standard InChI is InChI=1S/C23H26FN5/c24-19-3-1-2-16(10-19)13-28-22-11-18(14-26-15-22)17-8-9-27-23(12-17)29-21-6-4-20(25)5-7-21/h1-3,8-12,14-15,20-21,28H,4-7,13,25H2,(H,27,29)/t20-,21-. The number of aromatic nitrogens is 2. The lowest BCUT2D eigenvalue weighted by atomic mass is 9.92. The molecule has 3 aromatic rings. The number of nitrogens with one attached hydrogen (secondary N) is 2. The summed E-state index contributed by atoms with van der Waals surface area (Å²) < 4.78 is 13.3. The van der Waals surface area contributed by atoms with E-state index in [0.717, 1.165) is 53.9 Å². The van der Waals surface area contributed by atoms with Gasteiger partial charge in [-0.3, -0.25) is 4.98 Å². The molecular formula is C23H26FN5. The first-order chi connectivity index (χ1) is 14.2. The van der Waals surface area contributed by atoms with Crippen molar-refractivity contribution in [1.82, 2.24) is 9.97 Å². The molecule has 0 saturated heterocycles. The lowest BCUT2D eigenvalue weighted by molar-refractivity contribution is 0.410. The SMILES string of the molecule is N[C@H]1CC[C@H](Nc2cc(-c3cncc(NCc4cccc(F)c4)c3)ccn2)CC1. The van der Waals surface area contributed by atoms with E-state index >= 15 is 0 Å². The molecule has 1 aromatic carbocycles. The molecule has 1 fully saturated rings. The molecule has 1 aliphatic rings. The van der Waals surface area contributed by atoms with Crippen LogP contribution in [0.2, 0.25) is 0 Å². The normalized spacial score (nSPS) is 19.0. The number of nitrogens with zero attached hydrogens (tertiary/aromatic N) is 2. The molecule has 0 bridgehead atoms. The van der Waals surface area contributed by atoms with Crippen LogP contribution in [0.3, 0.4) is 0 Å². The highest BCUT2D eigenvalue weighted by molar-refractivity contribution is 5.69. The Balaban J connectivity index is 1.43. The van der Waals surface area contributed by atoms with E-state index in [1.165, 1.54) is 12.1 Å². The fraction of sp³-hybridized carbons (Fsp3) is 0.304. The predicted octanol–water partition coefficient (Wildman–Crippen LogP) is 4.58. The van der Waals surface area contributed by atoms with Gasteiger partial charge < -0.3 is 16.4 Å². The maximum Gasteiger partial charge on any atom is 0.126 e.